The summed E-state index contributed by atoms with van der Waals surface area (Å²) in [4.78, 5) is 20.3. The molecular formula is C13H7ClN6O. The summed E-state index contributed by atoms with van der Waals surface area (Å²) in [5.74, 6) is 0.0238. The third-order valence-corrected chi connectivity index (χ3v) is 3.35. The molecule has 4 rings (SSSR count). The second-order valence-corrected chi connectivity index (χ2v) is 4.89. The Morgan fingerprint density at radius 3 is 2.95 bits per heavy atom. The number of amides is 1. The molecule has 0 radical (unpaired) electrons. The van der Waals surface area contributed by atoms with Gasteiger partial charge in [-0.2, -0.15) is 0 Å². The van der Waals surface area contributed by atoms with Gasteiger partial charge in [-0.25, -0.2) is 14.6 Å². The fourth-order valence-corrected chi connectivity index (χ4v) is 2.32. The minimum Gasteiger partial charge on any atom is -0.305 e. The number of carbonyl (C=O) groups is 1. The molecule has 0 aliphatic carbocycles. The first-order valence-corrected chi connectivity index (χ1v) is 6.44. The average Bonchev–Trinajstić information content (AvgIpc) is 2.96. The molecule has 8 heteroatoms. The number of rotatable bonds is 0. The molecule has 1 N–H and O–H groups in total. The van der Waals surface area contributed by atoms with Crippen molar-refractivity contribution < 1.29 is 4.79 Å². The molecule has 0 spiro atoms. The van der Waals surface area contributed by atoms with Crippen LogP contribution >= 0.6 is 11.6 Å². The molecule has 3 heterocycles. The molecule has 0 saturated carbocycles. The van der Waals surface area contributed by atoms with Crippen LogP contribution in [0.5, 0.6) is 0 Å². The Labute approximate surface area is 123 Å². The van der Waals surface area contributed by atoms with Gasteiger partial charge in [0.2, 0.25) is 0 Å². The standard InChI is InChI=1S/C13H7ClN6O/c14-7-1-2-11-8(3-7)9-4-12(16-6-15-9)17-13(21)10-5-20(11)19-18-10/h1-6H,(H,15,16,17,21). The summed E-state index contributed by atoms with van der Waals surface area (Å²) in [6.45, 7) is 0. The summed E-state index contributed by atoms with van der Waals surface area (Å²) < 4.78 is 1.52. The summed E-state index contributed by atoms with van der Waals surface area (Å²) in [6.07, 6.45) is 2.94. The number of hydrogen-bond donors (Lipinski definition) is 1. The zero-order valence-corrected chi connectivity index (χ0v) is 11.2. The third kappa shape index (κ3) is 1.95. The number of nitrogens with one attached hydrogen (secondary N) is 1. The first-order chi connectivity index (χ1) is 10.2. The maximum absolute atomic E-state index is 12.0. The van der Waals surface area contributed by atoms with Crippen LogP contribution in [0.25, 0.3) is 16.9 Å². The number of hydrogen-bond acceptors (Lipinski definition) is 5. The van der Waals surface area contributed by atoms with Crippen molar-refractivity contribution in [3.63, 3.8) is 0 Å². The zero-order chi connectivity index (χ0) is 14.4. The fraction of sp³-hybridized carbons (Fsp3) is 0. The van der Waals surface area contributed by atoms with E-state index in [2.05, 4.69) is 25.6 Å². The van der Waals surface area contributed by atoms with Crippen molar-refractivity contribution in [1.82, 2.24) is 25.0 Å². The number of benzene rings is 1. The van der Waals surface area contributed by atoms with Crippen LogP contribution in [-0.2, 0) is 0 Å². The lowest BCUT2D eigenvalue weighted by atomic mass is 10.1. The predicted molar refractivity (Wildman–Crippen MR) is 75.3 cm³/mol. The molecule has 1 amide bonds. The lowest BCUT2D eigenvalue weighted by Gasteiger charge is -2.11. The number of nitrogens with zero attached hydrogens (tertiary/aromatic N) is 5. The number of anilines is 1. The highest BCUT2D eigenvalue weighted by Crippen LogP contribution is 2.29. The van der Waals surface area contributed by atoms with Gasteiger partial charge in [0.05, 0.1) is 17.6 Å². The van der Waals surface area contributed by atoms with E-state index in [1.165, 1.54) is 11.0 Å². The van der Waals surface area contributed by atoms with Gasteiger partial charge in [0.25, 0.3) is 5.91 Å². The van der Waals surface area contributed by atoms with Crippen molar-refractivity contribution >= 4 is 23.3 Å². The van der Waals surface area contributed by atoms with Crippen molar-refractivity contribution in [3.05, 3.63) is 47.5 Å². The van der Waals surface area contributed by atoms with Gasteiger partial charge >= 0.3 is 0 Å². The average molecular weight is 299 g/mol. The molecule has 7 nitrogen and oxygen atoms in total. The van der Waals surface area contributed by atoms with Crippen molar-refractivity contribution in [1.29, 1.82) is 0 Å². The highest BCUT2D eigenvalue weighted by molar-refractivity contribution is 6.31. The molecule has 1 aromatic carbocycles. The van der Waals surface area contributed by atoms with Gasteiger partial charge in [-0.1, -0.05) is 16.8 Å². The van der Waals surface area contributed by atoms with Gasteiger partial charge < -0.3 is 5.32 Å². The monoisotopic (exact) mass is 298 g/mol. The van der Waals surface area contributed by atoms with E-state index < -0.39 is 0 Å². The van der Waals surface area contributed by atoms with Crippen molar-refractivity contribution in [2.24, 2.45) is 0 Å². The topological polar surface area (TPSA) is 85.6 Å². The first-order valence-electron chi connectivity index (χ1n) is 6.07. The summed E-state index contributed by atoms with van der Waals surface area (Å²) in [7, 11) is 0. The molecule has 4 bridgehead atoms. The Morgan fingerprint density at radius 2 is 2.05 bits per heavy atom. The maximum Gasteiger partial charge on any atom is 0.279 e. The normalized spacial score (nSPS) is 12.5. The second kappa shape index (κ2) is 4.35. The molecule has 2 aromatic heterocycles. The van der Waals surface area contributed by atoms with Crippen LogP contribution in [0.2, 0.25) is 5.02 Å². The Morgan fingerprint density at radius 1 is 1.14 bits per heavy atom. The molecular weight excluding hydrogens is 292 g/mol. The highest BCUT2D eigenvalue weighted by atomic mass is 35.5. The molecule has 1 aliphatic heterocycles. The van der Waals surface area contributed by atoms with Gasteiger partial charge in [-0.3, -0.25) is 4.79 Å². The molecule has 1 aliphatic rings. The lowest BCUT2D eigenvalue weighted by molar-refractivity contribution is 0.102. The van der Waals surface area contributed by atoms with E-state index in [9.17, 15) is 4.79 Å². The first kappa shape index (κ1) is 12.0. The molecule has 0 saturated heterocycles. The van der Waals surface area contributed by atoms with Crippen LogP contribution in [0, 0.1) is 0 Å². The van der Waals surface area contributed by atoms with Crippen LogP contribution in [0.15, 0.2) is 36.8 Å². The molecule has 21 heavy (non-hydrogen) atoms. The van der Waals surface area contributed by atoms with Crippen LogP contribution in [0.4, 0.5) is 5.82 Å². The van der Waals surface area contributed by atoms with Crippen molar-refractivity contribution in [3.8, 4) is 16.9 Å². The number of aromatic nitrogens is 5. The highest BCUT2D eigenvalue weighted by Gasteiger charge is 2.18. The van der Waals surface area contributed by atoms with E-state index >= 15 is 0 Å². The third-order valence-electron chi connectivity index (χ3n) is 3.12. The molecule has 0 atom stereocenters. The molecule has 0 unspecified atom stereocenters. The Bertz CT molecular complexity index is 875. The van der Waals surface area contributed by atoms with Gasteiger partial charge in [0, 0.05) is 16.7 Å². The second-order valence-electron chi connectivity index (χ2n) is 4.45. The molecule has 102 valence electrons. The van der Waals surface area contributed by atoms with E-state index in [4.69, 9.17) is 11.6 Å². The predicted octanol–water partition coefficient (Wildman–Crippen LogP) is 1.94. The lowest BCUT2D eigenvalue weighted by Crippen LogP contribution is -2.14. The number of fused-ring (bicyclic) bond motifs is 7. The van der Waals surface area contributed by atoms with E-state index in [1.807, 2.05) is 0 Å². The van der Waals surface area contributed by atoms with Gasteiger partial charge in [-0.15, -0.1) is 5.10 Å². The SMILES string of the molecule is O=C1Nc2cc(ncn2)-c2cc(Cl)ccc2-n2cc1nn2. The van der Waals surface area contributed by atoms with E-state index in [1.54, 1.807) is 30.5 Å². The van der Waals surface area contributed by atoms with Crippen molar-refractivity contribution in [2.75, 3.05) is 5.32 Å². The van der Waals surface area contributed by atoms with Gasteiger partial charge in [0.15, 0.2) is 5.69 Å². The van der Waals surface area contributed by atoms with Crippen LogP contribution in [-0.4, -0.2) is 30.9 Å². The van der Waals surface area contributed by atoms with Crippen LogP contribution in [0.3, 0.4) is 0 Å². The van der Waals surface area contributed by atoms with Gasteiger partial charge in [-0.05, 0) is 18.2 Å². The Hall–Kier alpha value is -2.80. The summed E-state index contributed by atoms with van der Waals surface area (Å²) >= 11 is 6.08. The summed E-state index contributed by atoms with van der Waals surface area (Å²) in [6, 6.07) is 7.01. The fourth-order valence-electron chi connectivity index (χ4n) is 2.15. The van der Waals surface area contributed by atoms with Crippen LogP contribution < -0.4 is 5.32 Å². The van der Waals surface area contributed by atoms with Crippen LogP contribution in [0.1, 0.15) is 10.5 Å². The van der Waals surface area contributed by atoms with E-state index in [0.717, 1.165) is 11.3 Å². The minimum atomic E-state index is -0.372. The quantitative estimate of drug-likeness (QED) is 0.685. The Kier molecular flexibility index (Phi) is 2.48. The summed E-state index contributed by atoms with van der Waals surface area (Å²) in [5.41, 5.74) is 2.35. The number of halogens is 1. The summed E-state index contributed by atoms with van der Waals surface area (Å²) in [5, 5.41) is 11.1. The molecule has 3 aromatic rings. The minimum absolute atomic E-state index is 0.206. The zero-order valence-electron chi connectivity index (χ0n) is 10.5. The largest absolute Gasteiger partial charge is 0.305 e. The van der Waals surface area contributed by atoms with Crippen molar-refractivity contribution in [2.45, 2.75) is 0 Å². The van der Waals surface area contributed by atoms with E-state index in [0.29, 0.717) is 16.5 Å². The smallest absolute Gasteiger partial charge is 0.279 e. The Balaban J connectivity index is 2.07. The van der Waals surface area contributed by atoms with Gasteiger partial charge in [0.1, 0.15) is 12.1 Å². The van der Waals surface area contributed by atoms with E-state index in [-0.39, 0.29) is 11.6 Å². The molecule has 0 fully saturated rings. The maximum atomic E-state index is 12.0. The number of carbonyl (C=O) groups excluding carboxylic acids is 1.